The molecule has 1 saturated heterocycles. The van der Waals surface area contributed by atoms with E-state index >= 15 is 0 Å². The Morgan fingerprint density at radius 3 is 2.70 bits per heavy atom. The summed E-state index contributed by atoms with van der Waals surface area (Å²) >= 11 is 0. The molecule has 1 fully saturated rings. The highest BCUT2D eigenvalue weighted by Gasteiger charge is 2.15. The van der Waals surface area contributed by atoms with E-state index < -0.39 is 0 Å². The summed E-state index contributed by atoms with van der Waals surface area (Å²) in [6.45, 7) is 4.22. The van der Waals surface area contributed by atoms with E-state index in [0.717, 1.165) is 30.4 Å². The Morgan fingerprint density at radius 1 is 1.15 bits per heavy atom. The molecule has 1 aliphatic heterocycles. The van der Waals surface area contributed by atoms with Gasteiger partial charge in [0.15, 0.2) is 6.61 Å². The topological polar surface area (TPSA) is 76.6 Å². The molecule has 3 rings (SSSR count). The highest BCUT2D eigenvalue weighted by molar-refractivity contribution is 5.77. The number of nitrogens with one attached hydrogen (secondary N) is 1. The number of carbonyl (C=O) groups is 1. The number of aryl methyl sites for hydroxylation is 1. The Labute approximate surface area is 159 Å². The van der Waals surface area contributed by atoms with Gasteiger partial charge in [0.25, 0.3) is 5.91 Å². The van der Waals surface area contributed by atoms with Crippen LogP contribution in [-0.4, -0.2) is 42.7 Å². The lowest BCUT2D eigenvalue weighted by molar-refractivity contribution is -0.123. The molecule has 1 amide bonds. The molecule has 1 N–H and O–H groups in total. The van der Waals surface area contributed by atoms with Crippen LogP contribution in [0.15, 0.2) is 30.3 Å². The predicted molar refractivity (Wildman–Crippen MR) is 103 cm³/mol. The van der Waals surface area contributed by atoms with E-state index in [1.807, 2.05) is 25.1 Å². The minimum atomic E-state index is -0.200. The number of rotatable bonds is 7. The number of aromatic nitrogens is 2. The zero-order valence-electron chi connectivity index (χ0n) is 15.9. The fourth-order valence-corrected chi connectivity index (χ4v) is 3.02. The summed E-state index contributed by atoms with van der Waals surface area (Å²) in [5, 5.41) is 2.85. The third-order valence-electron chi connectivity index (χ3n) is 4.41. The largest absolute Gasteiger partial charge is 0.497 e. The van der Waals surface area contributed by atoms with Gasteiger partial charge in [0.1, 0.15) is 11.5 Å². The molecule has 0 atom stereocenters. The second kappa shape index (κ2) is 9.21. The van der Waals surface area contributed by atoms with Crippen LogP contribution in [0.5, 0.6) is 11.5 Å². The lowest BCUT2D eigenvalue weighted by Gasteiger charge is -2.27. The first-order valence-electron chi connectivity index (χ1n) is 9.27. The van der Waals surface area contributed by atoms with Gasteiger partial charge in [-0.25, -0.2) is 9.97 Å². The van der Waals surface area contributed by atoms with Crippen molar-refractivity contribution < 1.29 is 14.3 Å². The number of piperidine rings is 1. The smallest absolute Gasteiger partial charge is 0.258 e. The van der Waals surface area contributed by atoms with Gasteiger partial charge < -0.3 is 19.7 Å². The van der Waals surface area contributed by atoms with Crippen LogP contribution >= 0.6 is 0 Å². The standard InChI is InChI=1S/C20H26N4O3/c1-15-11-16(23-20(22-15)24-9-4-3-5-10-24)13-21-19(25)14-27-18-8-6-7-17(12-18)26-2/h6-8,11-12H,3-5,9-10,13-14H2,1-2H3,(H,21,25). The maximum atomic E-state index is 12.1. The fourth-order valence-electron chi connectivity index (χ4n) is 3.02. The summed E-state index contributed by atoms with van der Waals surface area (Å²) in [6.07, 6.45) is 3.61. The molecule has 0 radical (unpaired) electrons. The third kappa shape index (κ3) is 5.57. The molecule has 0 aliphatic carbocycles. The molecular formula is C20H26N4O3. The van der Waals surface area contributed by atoms with E-state index in [1.54, 1.807) is 19.2 Å². The molecule has 1 aromatic heterocycles. The summed E-state index contributed by atoms with van der Waals surface area (Å²) < 4.78 is 10.6. The highest BCUT2D eigenvalue weighted by atomic mass is 16.5. The SMILES string of the molecule is COc1cccc(OCC(=O)NCc2cc(C)nc(N3CCCCC3)n2)c1. The van der Waals surface area contributed by atoms with Crippen LogP contribution in [0, 0.1) is 6.92 Å². The monoisotopic (exact) mass is 370 g/mol. The van der Waals surface area contributed by atoms with E-state index in [1.165, 1.54) is 19.3 Å². The quantitative estimate of drug-likeness (QED) is 0.807. The van der Waals surface area contributed by atoms with Crippen LogP contribution in [-0.2, 0) is 11.3 Å². The van der Waals surface area contributed by atoms with E-state index in [2.05, 4.69) is 20.2 Å². The average molecular weight is 370 g/mol. The van der Waals surface area contributed by atoms with E-state index in [-0.39, 0.29) is 12.5 Å². The normalized spacial score (nSPS) is 13.9. The van der Waals surface area contributed by atoms with Crippen molar-refractivity contribution in [3.05, 3.63) is 41.7 Å². The molecule has 7 nitrogen and oxygen atoms in total. The molecule has 2 heterocycles. The number of amides is 1. The van der Waals surface area contributed by atoms with Gasteiger partial charge in [-0.05, 0) is 44.4 Å². The van der Waals surface area contributed by atoms with Crippen molar-refractivity contribution in [1.82, 2.24) is 15.3 Å². The van der Waals surface area contributed by atoms with Crippen LogP contribution in [0.3, 0.4) is 0 Å². The van der Waals surface area contributed by atoms with Gasteiger partial charge in [0.2, 0.25) is 5.95 Å². The Morgan fingerprint density at radius 2 is 1.93 bits per heavy atom. The minimum absolute atomic E-state index is 0.0593. The lowest BCUT2D eigenvalue weighted by Crippen LogP contribution is -2.32. The van der Waals surface area contributed by atoms with Crippen molar-refractivity contribution in [3.8, 4) is 11.5 Å². The van der Waals surface area contributed by atoms with Gasteiger partial charge in [-0.15, -0.1) is 0 Å². The number of carbonyl (C=O) groups excluding carboxylic acids is 1. The molecular weight excluding hydrogens is 344 g/mol. The lowest BCUT2D eigenvalue weighted by atomic mass is 10.1. The zero-order valence-corrected chi connectivity index (χ0v) is 15.9. The number of hydrogen-bond acceptors (Lipinski definition) is 6. The molecule has 27 heavy (non-hydrogen) atoms. The number of methoxy groups -OCH3 is 1. The fraction of sp³-hybridized carbons (Fsp3) is 0.450. The van der Waals surface area contributed by atoms with Crippen molar-refractivity contribution >= 4 is 11.9 Å². The summed E-state index contributed by atoms with van der Waals surface area (Å²) in [4.78, 5) is 23.5. The molecule has 7 heteroatoms. The number of hydrogen-bond donors (Lipinski definition) is 1. The minimum Gasteiger partial charge on any atom is -0.497 e. The van der Waals surface area contributed by atoms with Gasteiger partial charge in [-0.1, -0.05) is 6.07 Å². The van der Waals surface area contributed by atoms with Crippen LogP contribution < -0.4 is 19.7 Å². The molecule has 0 unspecified atom stereocenters. The number of benzene rings is 1. The predicted octanol–water partition coefficient (Wildman–Crippen LogP) is 2.48. The molecule has 2 aromatic rings. The van der Waals surface area contributed by atoms with Gasteiger partial charge in [0, 0.05) is 24.8 Å². The van der Waals surface area contributed by atoms with E-state index in [9.17, 15) is 4.79 Å². The first-order valence-corrected chi connectivity index (χ1v) is 9.27. The van der Waals surface area contributed by atoms with Crippen molar-refractivity contribution in [2.75, 3.05) is 31.7 Å². The van der Waals surface area contributed by atoms with Crippen molar-refractivity contribution in [2.45, 2.75) is 32.7 Å². The van der Waals surface area contributed by atoms with Crippen LogP contribution in [0.1, 0.15) is 30.7 Å². The Balaban J connectivity index is 1.52. The molecule has 0 spiro atoms. The Kier molecular flexibility index (Phi) is 6.46. The number of anilines is 1. The number of nitrogens with zero attached hydrogens (tertiary/aromatic N) is 3. The Bertz CT molecular complexity index is 776. The molecule has 1 aromatic carbocycles. The molecule has 144 valence electrons. The Hall–Kier alpha value is -2.83. The number of ether oxygens (including phenoxy) is 2. The van der Waals surface area contributed by atoms with Crippen LogP contribution in [0.4, 0.5) is 5.95 Å². The van der Waals surface area contributed by atoms with Crippen molar-refractivity contribution in [3.63, 3.8) is 0 Å². The first kappa shape index (κ1) is 18.9. The first-order chi connectivity index (χ1) is 13.1. The summed E-state index contributed by atoms with van der Waals surface area (Å²) in [5.41, 5.74) is 1.71. The summed E-state index contributed by atoms with van der Waals surface area (Å²) in [7, 11) is 1.59. The molecule has 0 bridgehead atoms. The van der Waals surface area contributed by atoms with Gasteiger partial charge in [0.05, 0.1) is 19.3 Å². The van der Waals surface area contributed by atoms with Crippen molar-refractivity contribution in [1.29, 1.82) is 0 Å². The molecule has 0 saturated carbocycles. The van der Waals surface area contributed by atoms with Crippen molar-refractivity contribution in [2.24, 2.45) is 0 Å². The third-order valence-corrected chi connectivity index (χ3v) is 4.41. The second-order valence-electron chi connectivity index (χ2n) is 6.59. The highest BCUT2D eigenvalue weighted by Crippen LogP contribution is 2.19. The van der Waals surface area contributed by atoms with Crippen LogP contribution in [0.2, 0.25) is 0 Å². The maximum Gasteiger partial charge on any atom is 0.258 e. The van der Waals surface area contributed by atoms with E-state index in [0.29, 0.717) is 18.0 Å². The average Bonchev–Trinajstić information content (AvgIpc) is 2.71. The van der Waals surface area contributed by atoms with Crippen LogP contribution in [0.25, 0.3) is 0 Å². The van der Waals surface area contributed by atoms with Gasteiger partial charge >= 0.3 is 0 Å². The summed E-state index contributed by atoms with van der Waals surface area (Å²) in [6, 6.07) is 9.07. The summed E-state index contributed by atoms with van der Waals surface area (Å²) in [5.74, 6) is 1.84. The zero-order chi connectivity index (χ0) is 19.1. The van der Waals surface area contributed by atoms with Gasteiger partial charge in [-0.2, -0.15) is 0 Å². The molecule has 1 aliphatic rings. The van der Waals surface area contributed by atoms with E-state index in [4.69, 9.17) is 9.47 Å². The second-order valence-corrected chi connectivity index (χ2v) is 6.59. The van der Waals surface area contributed by atoms with Gasteiger partial charge in [-0.3, -0.25) is 4.79 Å². The maximum absolute atomic E-state index is 12.1.